The van der Waals surface area contributed by atoms with Gasteiger partial charge in [-0.15, -0.1) is 0 Å². The van der Waals surface area contributed by atoms with Crippen molar-refractivity contribution in [2.24, 2.45) is 11.3 Å². The molecule has 0 aromatic heterocycles. The Hall–Kier alpha value is -2.25. The molecule has 1 aliphatic rings. The number of piperazine rings is 1. The van der Waals surface area contributed by atoms with E-state index in [1.807, 2.05) is 34.1 Å². The number of benzene rings is 2. The summed E-state index contributed by atoms with van der Waals surface area (Å²) in [6.45, 7) is 13.5. The first-order valence-corrected chi connectivity index (χ1v) is 13.6. The number of nitrogens with zero attached hydrogens (tertiary/aromatic N) is 3. The second kappa shape index (κ2) is 12.8. The zero-order chi connectivity index (χ0) is 26.3. The lowest BCUT2D eigenvalue weighted by molar-refractivity contribution is -0.133. The third kappa shape index (κ3) is 9.00. The van der Waals surface area contributed by atoms with E-state index in [0.717, 1.165) is 36.1 Å². The van der Waals surface area contributed by atoms with Crippen molar-refractivity contribution in [1.82, 2.24) is 14.7 Å². The largest absolute Gasteiger partial charge is 0.337 e. The zero-order valence-corrected chi connectivity index (χ0v) is 23.6. The van der Waals surface area contributed by atoms with Crippen LogP contribution in [0.5, 0.6) is 0 Å². The van der Waals surface area contributed by atoms with Crippen LogP contribution >= 0.6 is 15.9 Å². The highest BCUT2D eigenvalue weighted by molar-refractivity contribution is 9.10. The van der Waals surface area contributed by atoms with Crippen LogP contribution in [0.4, 0.5) is 4.39 Å². The monoisotopic (exact) mass is 559 g/mol. The van der Waals surface area contributed by atoms with Crippen molar-refractivity contribution in [1.29, 1.82) is 0 Å². The zero-order valence-electron chi connectivity index (χ0n) is 22.0. The summed E-state index contributed by atoms with van der Waals surface area (Å²) >= 11 is 3.44. The van der Waals surface area contributed by atoms with E-state index in [1.165, 1.54) is 12.1 Å². The summed E-state index contributed by atoms with van der Waals surface area (Å²) in [7, 11) is 0. The highest BCUT2D eigenvalue weighted by Gasteiger charge is 2.25. The Morgan fingerprint density at radius 3 is 2.33 bits per heavy atom. The van der Waals surface area contributed by atoms with Crippen molar-refractivity contribution in [3.8, 4) is 0 Å². The fourth-order valence-corrected chi connectivity index (χ4v) is 5.29. The van der Waals surface area contributed by atoms with Crippen LogP contribution in [0.1, 0.15) is 56.5 Å². The molecule has 1 aliphatic heterocycles. The first kappa shape index (κ1) is 28.3. The van der Waals surface area contributed by atoms with Gasteiger partial charge >= 0.3 is 0 Å². The Balaban J connectivity index is 1.57. The van der Waals surface area contributed by atoms with Crippen LogP contribution in [0.15, 0.2) is 53.0 Å². The van der Waals surface area contributed by atoms with Crippen LogP contribution in [0.2, 0.25) is 0 Å². The summed E-state index contributed by atoms with van der Waals surface area (Å²) in [5.74, 6) is 0.211. The lowest BCUT2D eigenvalue weighted by Gasteiger charge is -2.36. The molecule has 1 fully saturated rings. The second-order valence-electron chi connectivity index (χ2n) is 11.2. The van der Waals surface area contributed by atoms with Crippen molar-refractivity contribution in [2.45, 2.75) is 47.1 Å². The molecule has 3 rings (SSSR count). The smallest absolute Gasteiger partial charge is 0.253 e. The molecule has 0 bridgehead atoms. The quantitative estimate of drug-likeness (QED) is 0.387. The number of hydrogen-bond acceptors (Lipinski definition) is 3. The first-order chi connectivity index (χ1) is 17.0. The van der Waals surface area contributed by atoms with Gasteiger partial charge in [-0.3, -0.25) is 14.5 Å². The van der Waals surface area contributed by atoms with Gasteiger partial charge in [0, 0.05) is 62.3 Å². The summed E-state index contributed by atoms with van der Waals surface area (Å²) in [4.78, 5) is 32.3. The Morgan fingerprint density at radius 2 is 1.72 bits per heavy atom. The fraction of sp³-hybridized carbons (Fsp3) is 0.517. The molecule has 36 heavy (non-hydrogen) atoms. The average molecular weight is 561 g/mol. The molecule has 2 aromatic carbocycles. The molecule has 0 radical (unpaired) electrons. The minimum absolute atomic E-state index is 0.0527. The van der Waals surface area contributed by atoms with Gasteiger partial charge in [-0.1, -0.05) is 61.8 Å². The van der Waals surface area contributed by atoms with Crippen molar-refractivity contribution in [3.05, 3.63) is 69.9 Å². The van der Waals surface area contributed by atoms with Gasteiger partial charge in [0.1, 0.15) is 5.82 Å². The molecule has 2 aromatic rings. The SMILES string of the molecule is CC(CC(=O)N(CCN1CCN(C(=O)c2cccc(Br)c2)CC1)Cc1ccc(F)cc1)CC(C)(C)C. The van der Waals surface area contributed by atoms with Gasteiger partial charge < -0.3 is 9.80 Å². The average Bonchev–Trinajstić information content (AvgIpc) is 2.81. The van der Waals surface area contributed by atoms with Gasteiger partial charge in [0.15, 0.2) is 0 Å². The minimum Gasteiger partial charge on any atom is -0.337 e. The summed E-state index contributed by atoms with van der Waals surface area (Å²) in [6, 6.07) is 13.9. The third-order valence-corrected chi connectivity index (χ3v) is 7.03. The van der Waals surface area contributed by atoms with Gasteiger partial charge in [0.25, 0.3) is 5.91 Å². The van der Waals surface area contributed by atoms with E-state index < -0.39 is 0 Å². The molecule has 0 N–H and O–H groups in total. The maximum absolute atomic E-state index is 13.4. The van der Waals surface area contributed by atoms with E-state index in [1.54, 1.807) is 12.1 Å². The summed E-state index contributed by atoms with van der Waals surface area (Å²) in [5, 5.41) is 0. The number of rotatable bonds is 9. The van der Waals surface area contributed by atoms with E-state index in [2.05, 4.69) is 48.5 Å². The van der Waals surface area contributed by atoms with Gasteiger partial charge in [-0.25, -0.2) is 4.39 Å². The van der Waals surface area contributed by atoms with Crippen LogP contribution in [0, 0.1) is 17.2 Å². The van der Waals surface area contributed by atoms with Gasteiger partial charge in [-0.2, -0.15) is 0 Å². The molecule has 0 saturated carbocycles. The van der Waals surface area contributed by atoms with Crippen molar-refractivity contribution >= 4 is 27.7 Å². The fourth-order valence-electron chi connectivity index (χ4n) is 4.89. The van der Waals surface area contributed by atoms with Crippen molar-refractivity contribution in [2.75, 3.05) is 39.3 Å². The van der Waals surface area contributed by atoms with E-state index in [9.17, 15) is 14.0 Å². The number of amides is 2. The standard InChI is InChI=1S/C29H39BrFN3O2/c1-22(20-29(2,3)4)18-27(35)34(21-23-8-10-26(31)11-9-23)17-14-32-12-15-33(16-13-32)28(36)24-6-5-7-25(30)19-24/h5-11,19,22H,12-18,20-21H2,1-4H3. The molecule has 1 unspecified atom stereocenters. The van der Waals surface area contributed by atoms with Gasteiger partial charge in [-0.05, 0) is 53.6 Å². The lowest BCUT2D eigenvalue weighted by atomic mass is 9.84. The highest BCUT2D eigenvalue weighted by Crippen LogP contribution is 2.26. The molecule has 0 aliphatic carbocycles. The summed E-state index contributed by atoms with van der Waals surface area (Å²) < 4.78 is 14.3. The lowest BCUT2D eigenvalue weighted by Crippen LogP contribution is -2.50. The van der Waals surface area contributed by atoms with E-state index in [4.69, 9.17) is 0 Å². The summed E-state index contributed by atoms with van der Waals surface area (Å²) in [6.07, 6.45) is 1.49. The predicted molar refractivity (Wildman–Crippen MR) is 146 cm³/mol. The Kier molecular flexibility index (Phi) is 10.1. The Labute approximate surface area is 223 Å². The second-order valence-corrected chi connectivity index (χ2v) is 12.1. The van der Waals surface area contributed by atoms with Crippen LogP contribution in [0.3, 0.4) is 0 Å². The minimum atomic E-state index is -0.272. The number of halogens is 2. The molecule has 196 valence electrons. The molecule has 7 heteroatoms. The molecule has 1 heterocycles. The topological polar surface area (TPSA) is 43.9 Å². The highest BCUT2D eigenvalue weighted by atomic mass is 79.9. The first-order valence-electron chi connectivity index (χ1n) is 12.8. The maximum atomic E-state index is 13.4. The normalized spacial score (nSPS) is 15.6. The Morgan fingerprint density at radius 1 is 1.06 bits per heavy atom. The van der Waals surface area contributed by atoms with Crippen molar-refractivity contribution < 1.29 is 14.0 Å². The van der Waals surface area contributed by atoms with Gasteiger partial charge in [0.2, 0.25) is 5.91 Å². The molecule has 1 saturated heterocycles. The van der Waals surface area contributed by atoms with Crippen molar-refractivity contribution in [3.63, 3.8) is 0 Å². The molecule has 0 spiro atoms. The molecule has 2 amide bonds. The number of carbonyl (C=O) groups is 2. The number of carbonyl (C=O) groups excluding carboxylic acids is 2. The molecular weight excluding hydrogens is 521 g/mol. The van der Waals surface area contributed by atoms with Crippen LogP contribution < -0.4 is 0 Å². The number of hydrogen-bond donors (Lipinski definition) is 0. The molecule has 1 atom stereocenters. The van der Waals surface area contributed by atoms with Crippen LogP contribution in [0.25, 0.3) is 0 Å². The Bertz CT molecular complexity index is 1010. The molecule has 5 nitrogen and oxygen atoms in total. The van der Waals surface area contributed by atoms with E-state index in [0.29, 0.717) is 44.1 Å². The van der Waals surface area contributed by atoms with Crippen LogP contribution in [-0.4, -0.2) is 65.8 Å². The predicted octanol–water partition coefficient (Wildman–Crippen LogP) is 5.84. The van der Waals surface area contributed by atoms with E-state index >= 15 is 0 Å². The van der Waals surface area contributed by atoms with Gasteiger partial charge in [0.05, 0.1) is 0 Å². The van der Waals surface area contributed by atoms with E-state index in [-0.39, 0.29) is 23.0 Å². The third-order valence-electron chi connectivity index (χ3n) is 6.54. The molecular formula is C29H39BrFN3O2. The van der Waals surface area contributed by atoms with Crippen LogP contribution in [-0.2, 0) is 11.3 Å². The maximum Gasteiger partial charge on any atom is 0.253 e. The summed E-state index contributed by atoms with van der Waals surface area (Å²) in [5.41, 5.74) is 1.80.